The summed E-state index contributed by atoms with van der Waals surface area (Å²) in [5.41, 5.74) is 2.64. The molecule has 9 heteroatoms. The maximum Gasteiger partial charge on any atom is 0.338 e. The molecule has 4 aromatic rings. The first kappa shape index (κ1) is 29.4. The summed E-state index contributed by atoms with van der Waals surface area (Å²) in [6.07, 6.45) is 7.13. The van der Waals surface area contributed by atoms with Crippen LogP contribution >= 0.6 is 11.3 Å². The molecule has 1 aliphatic heterocycles. The second-order valence-electron chi connectivity index (χ2n) is 9.34. The van der Waals surface area contributed by atoms with Crippen LogP contribution in [-0.2, 0) is 9.53 Å². The highest BCUT2D eigenvalue weighted by atomic mass is 32.1. The van der Waals surface area contributed by atoms with E-state index >= 15 is 0 Å². The lowest BCUT2D eigenvalue weighted by Gasteiger charge is -2.26. The zero-order valence-corrected chi connectivity index (χ0v) is 24.9. The maximum absolute atomic E-state index is 14.1. The van der Waals surface area contributed by atoms with E-state index in [-0.39, 0.29) is 24.3 Å². The molecule has 1 aliphatic rings. The fraction of sp³-hybridized carbons (Fsp3) is 0.206. The monoisotopic (exact) mass is 594 g/mol. The minimum atomic E-state index is -0.780. The number of hydrogen-bond acceptors (Lipinski definition) is 8. The van der Waals surface area contributed by atoms with Gasteiger partial charge in [-0.1, -0.05) is 65.8 Å². The molecule has 0 saturated carbocycles. The molecular weight excluding hydrogens is 564 g/mol. The molecule has 5 rings (SSSR count). The summed E-state index contributed by atoms with van der Waals surface area (Å²) in [6.45, 7) is 4.33. The third kappa shape index (κ3) is 6.10. The first-order valence-electron chi connectivity index (χ1n) is 13.7. The Labute approximate surface area is 253 Å². The summed E-state index contributed by atoms with van der Waals surface area (Å²) in [4.78, 5) is 33.0. The number of aromatic nitrogens is 1. The van der Waals surface area contributed by atoms with Crippen LogP contribution in [0.5, 0.6) is 17.2 Å². The van der Waals surface area contributed by atoms with Crippen LogP contribution < -0.4 is 29.1 Å². The van der Waals surface area contributed by atoms with Crippen LogP contribution in [0.15, 0.2) is 88.2 Å². The number of benzene rings is 3. The van der Waals surface area contributed by atoms with E-state index in [1.807, 2.05) is 55.5 Å². The van der Waals surface area contributed by atoms with E-state index in [4.69, 9.17) is 30.4 Å². The molecule has 3 aromatic carbocycles. The van der Waals surface area contributed by atoms with Crippen LogP contribution in [0.25, 0.3) is 11.8 Å². The summed E-state index contributed by atoms with van der Waals surface area (Å²) in [7, 11) is 1.58. The second-order valence-corrected chi connectivity index (χ2v) is 10.3. The largest absolute Gasteiger partial charge is 0.497 e. The number of fused-ring (bicyclic) bond motifs is 1. The van der Waals surface area contributed by atoms with Gasteiger partial charge in [0.2, 0.25) is 0 Å². The average molecular weight is 595 g/mol. The van der Waals surface area contributed by atoms with Gasteiger partial charge in [0.15, 0.2) is 16.3 Å². The highest BCUT2D eigenvalue weighted by Gasteiger charge is 2.35. The summed E-state index contributed by atoms with van der Waals surface area (Å²) in [6, 6.07) is 21.3. The van der Waals surface area contributed by atoms with Gasteiger partial charge in [0.1, 0.15) is 12.4 Å². The van der Waals surface area contributed by atoms with Gasteiger partial charge in [-0.15, -0.1) is 6.42 Å². The molecule has 1 atom stereocenters. The van der Waals surface area contributed by atoms with Crippen molar-refractivity contribution >= 4 is 29.1 Å². The zero-order valence-electron chi connectivity index (χ0n) is 24.0. The van der Waals surface area contributed by atoms with Crippen molar-refractivity contribution in [2.75, 3.05) is 26.9 Å². The van der Waals surface area contributed by atoms with Crippen LogP contribution in [-0.4, -0.2) is 37.5 Å². The molecule has 218 valence electrons. The summed E-state index contributed by atoms with van der Waals surface area (Å²) < 4.78 is 24.3. The van der Waals surface area contributed by atoms with E-state index < -0.39 is 12.0 Å². The summed E-state index contributed by atoms with van der Waals surface area (Å²) in [5, 5.41) is 0. The van der Waals surface area contributed by atoms with Crippen molar-refractivity contribution in [3.63, 3.8) is 0 Å². The molecule has 0 fully saturated rings. The Hall–Kier alpha value is -5.07. The molecule has 43 heavy (non-hydrogen) atoms. The molecule has 0 N–H and O–H groups in total. The third-order valence-corrected chi connectivity index (χ3v) is 7.66. The van der Waals surface area contributed by atoms with Gasteiger partial charge in [0.25, 0.3) is 5.56 Å². The Kier molecular flexibility index (Phi) is 9.08. The smallest absolute Gasteiger partial charge is 0.338 e. The third-order valence-electron chi connectivity index (χ3n) is 6.68. The molecule has 0 bridgehead atoms. The SMILES string of the molecule is C#CCOc1ccc(/C=c2\sc3n(c2=O)[C@H](c2ccc(OC)cc2)C(C(=O)OCC)=C(c2ccccc2)N=3)cc1OCC. The van der Waals surface area contributed by atoms with Crippen molar-refractivity contribution in [2.45, 2.75) is 19.9 Å². The van der Waals surface area contributed by atoms with Gasteiger partial charge in [-0.3, -0.25) is 9.36 Å². The Morgan fingerprint density at radius 3 is 2.47 bits per heavy atom. The van der Waals surface area contributed by atoms with Crippen molar-refractivity contribution in [3.05, 3.63) is 115 Å². The van der Waals surface area contributed by atoms with Crippen molar-refractivity contribution in [3.8, 4) is 29.6 Å². The van der Waals surface area contributed by atoms with Gasteiger partial charge in [0, 0.05) is 5.56 Å². The topological polar surface area (TPSA) is 88.4 Å². The zero-order chi connectivity index (χ0) is 30.3. The van der Waals surface area contributed by atoms with Crippen molar-refractivity contribution < 1.29 is 23.7 Å². The van der Waals surface area contributed by atoms with Crippen molar-refractivity contribution in [1.29, 1.82) is 0 Å². The number of esters is 1. The van der Waals surface area contributed by atoms with Gasteiger partial charge < -0.3 is 18.9 Å². The number of carbonyl (C=O) groups is 1. The molecule has 0 radical (unpaired) electrons. The fourth-order valence-corrected chi connectivity index (χ4v) is 5.82. The number of rotatable bonds is 10. The van der Waals surface area contributed by atoms with Crippen molar-refractivity contribution in [2.24, 2.45) is 4.99 Å². The standard InChI is InChI=1S/C34H30N2O6S/c1-5-19-42-26-18-13-22(20-27(26)40-6-2)21-28-32(37)36-31(24-14-16-25(39-4)17-15-24)29(33(38)41-7-3)30(35-34(36)43-28)23-11-9-8-10-12-23/h1,8-18,20-21,31H,6-7,19H2,2-4H3/b28-21-/t31-/m1/s1. The summed E-state index contributed by atoms with van der Waals surface area (Å²) in [5.74, 6) is 3.61. The number of nitrogens with zero attached hydrogens (tertiary/aromatic N) is 2. The van der Waals surface area contributed by atoms with E-state index in [1.165, 1.54) is 11.3 Å². The first-order chi connectivity index (χ1) is 21.0. The maximum atomic E-state index is 14.1. The minimum absolute atomic E-state index is 0.107. The number of terminal acetylenes is 1. The van der Waals surface area contributed by atoms with Gasteiger partial charge in [-0.2, -0.15) is 0 Å². The Bertz CT molecular complexity index is 1880. The summed E-state index contributed by atoms with van der Waals surface area (Å²) >= 11 is 1.24. The number of thiazole rings is 1. The van der Waals surface area contributed by atoms with E-state index in [0.717, 1.165) is 11.1 Å². The van der Waals surface area contributed by atoms with Crippen LogP contribution in [0.2, 0.25) is 0 Å². The van der Waals surface area contributed by atoms with E-state index in [1.54, 1.807) is 48.9 Å². The number of methoxy groups -OCH3 is 1. The quantitative estimate of drug-likeness (QED) is 0.200. The molecule has 0 saturated heterocycles. The Morgan fingerprint density at radius 1 is 1.02 bits per heavy atom. The molecule has 2 heterocycles. The normalized spacial score (nSPS) is 14.4. The molecule has 8 nitrogen and oxygen atoms in total. The van der Waals surface area contributed by atoms with Crippen LogP contribution in [0.3, 0.4) is 0 Å². The molecule has 0 spiro atoms. The van der Waals surface area contributed by atoms with E-state index in [9.17, 15) is 9.59 Å². The van der Waals surface area contributed by atoms with Gasteiger partial charge in [-0.05, 0) is 55.3 Å². The Balaban J connectivity index is 1.74. The second kappa shape index (κ2) is 13.3. The average Bonchev–Trinajstić information content (AvgIpc) is 3.34. The molecule has 1 aromatic heterocycles. The lowest BCUT2D eigenvalue weighted by molar-refractivity contribution is -0.138. The predicted molar refractivity (Wildman–Crippen MR) is 166 cm³/mol. The van der Waals surface area contributed by atoms with Crippen molar-refractivity contribution in [1.82, 2.24) is 4.57 Å². The number of hydrogen-bond donors (Lipinski definition) is 0. The van der Waals surface area contributed by atoms with Crippen LogP contribution in [0, 0.1) is 12.3 Å². The predicted octanol–water partition coefficient (Wildman–Crippen LogP) is 4.35. The van der Waals surface area contributed by atoms with Crippen LogP contribution in [0.4, 0.5) is 0 Å². The van der Waals surface area contributed by atoms with E-state index in [0.29, 0.717) is 44.4 Å². The van der Waals surface area contributed by atoms with Gasteiger partial charge in [0.05, 0.1) is 42.2 Å². The number of carbonyl (C=O) groups excluding carboxylic acids is 1. The molecule has 0 amide bonds. The fourth-order valence-electron chi connectivity index (χ4n) is 4.81. The Morgan fingerprint density at radius 2 is 1.79 bits per heavy atom. The number of ether oxygens (including phenoxy) is 4. The lowest BCUT2D eigenvalue weighted by Crippen LogP contribution is -2.40. The highest BCUT2D eigenvalue weighted by Crippen LogP contribution is 2.36. The molecule has 0 aliphatic carbocycles. The minimum Gasteiger partial charge on any atom is -0.497 e. The molecule has 0 unspecified atom stereocenters. The first-order valence-corrected chi connectivity index (χ1v) is 14.6. The molecular formula is C34H30N2O6S. The van der Waals surface area contributed by atoms with Gasteiger partial charge in [-0.25, -0.2) is 9.79 Å². The van der Waals surface area contributed by atoms with E-state index in [2.05, 4.69) is 5.92 Å². The lowest BCUT2D eigenvalue weighted by atomic mass is 9.93. The highest BCUT2D eigenvalue weighted by molar-refractivity contribution is 7.07. The van der Waals surface area contributed by atoms with Crippen LogP contribution in [0.1, 0.15) is 36.6 Å². The van der Waals surface area contributed by atoms with Gasteiger partial charge >= 0.3 is 5.97 Å².